The molecular weight excluding hydrogens is 234 g/mol. The van der Waals surface area contributed by atoms with E-state index in [0.717, 1.165) is 25.3 Å². The van der Waals surface area contributed by atoms with E-state index in [9.17, 15) is 4.79 Å². The Morgan fingerprint density at radius 1 is 1.72 bits per heavy atom. The predicted octanol–water partition coefficient (Wildman–Crippen LogP) is 0.412. The molecule has 6 heteroatoms. The maximum absolute atomic E-state index is 11.5. The molecule has 100 valence electrons. The van der Waals surface area contributed by atoms with Gasteiger partial charge in [0.1, 0.15) is 11.5 Å². The molecule has 0 aromatic carbocycles. The Morgan fingerprint density at radius 3 is 3.11 bits per heavy atom. The third kappa shape index (κ3) is 2.72. The summed E-state index contributed by atoms with van der Waals surface area (Å²) in [6.45, 7) is 4.33. The maximum Gasteiger partial charge on any atom is 0.268 e. The highest BCUT2D eigenvalue weighted by Gasteiger charge is 2.23. The number of aryl methyl sites for hydroxylation is 1. The summed E-state index contributed by atoms with van der Waals surface area (Å²) in [6.07, 6.45) is 1.33. The Morgan fingerprint density at radius 2 is 2.50 bits per heavy atom. The number of carbonyl (C=O) groups is 1. The second kappa shape index (κ2) is 5.51. The fourth-order valence-electron chi connectivity index (χ4n) is 2.28. The summed E-state index contributed by atoms with van der Waals surface area (Å²) in [5.41, 5.74) is 2.61. The number of amides is 1. The lowest BCUT2D eigenvalue weighted by Crippen LogP contribution is -2.30. The molecule has 3 N–H and O–H groups in total. The van der Waals surface area contributed by atoms with Crippen LogP contribution in [0.4, 0.5) is 0 Å². The largest absolute Gasteiger partial charge is 0.464 e. The van der Waals surface area contributed by atoms with Gasteiger partial charge in [-0.25, -0.2) is 5.84 Å². The van der Waals surface area contributed by atoms with Gasteiger partial charge >= 0.3 is 0 Å². The number of ether oxygens (including phenoxy) is 1. The molecule has 0 saturated carbocycles. The van der Waals surface area contributed by atoms with Crippen LogP contribution in [-0.4, -0.2) is 37.1 Å². The van der Waals surface area contributed by atoms with E-state index in [2.05, 4.69) is 10.3 Å². The van der Waals surface area contributed by atoms with Crippen LogP contribution >= 0.6 is 0 Å². The van der Waals surface area contributed by atoms with Crippen LogP contribution in [0, 0.1) is 6.92 Å². The Kier molecular flexibility index (Phi) is 4.00. The molecule has 0 bridgehead atoms. The van der Waals surface area contributed by atoms with Gasteiger partial charge in [0.15, 0.2) is 0 Å². The van der Waals surface area contributed by atoms with E-state index in [1.165, 1.54) is 0 Å². The number of hydrogen-bond acceptors (Lipinski definition) is 5. The highest BCUT2D eigenvalue weighted by Crippen LogP contribution is 2.19. The molecule has 2 rings (SSSR count). The minimum atomic E-state index is -0.321. The summed E-state index contributed by atoms with van der Waals surface area (Å²) in [5, 5.41) is 0. The minimum absolute atomic E-state index is 0.299. The highest BCUT2D eigenvalue weighted by atomic mass is 16.5. The number of rotatable bonds is 4. The van der Waals surface area contributed by atoms with E-state index < -0.39 is 0 Å². The van der Waals surface area contributed by atoms with Gasteiger partial charge in [-0.2, -0.15) is 0 Å². The monoisotopic (exact) mass is 253 g/mol. The van der Waals surface area contributed by atoms with E-state index in [1.54, 1.807) is 20.1 Å². The van der Waals surface area contributed by atoms with Gasteiger partial charge in [-0.1, -0.05) is 0 Å². The van der Waals surface area contributed by atoms with Crippen LogP contribution in [0.5, 0.6) is 0 Å². The second-order valence-electron chi connectivity index (χ2n) is 4.54. The molecule has 18 heavy (non-hydrogen) atoms. The summed E-state index contributed by atoms with van der Waals surface area (Å²) in [4.78, 5) is 13.7. The van der Waals surface area contributed by atoms with E-state index >= 15 is 0 Å². The fourth-order valence-corrected chi connectivity index (χ4v) is 2.28. The summed E-state index contributed by atoms with van der Waals surface area (Å²) in [6, 6.07) is 1.75. The number of carbonyl (C=O) groups excluding carboxylic acids is 1. The van der Waals surface area contributed by atoms with E-state index in [-0.39, 0.29) is 5.91 Å². The lowest BCUT2D eigenvalue weighted by molar-refractivity contribution is 0.0952. The maximum atomic E-state index is 11.5. The van der Waals surface area contributed by atoms with Crippen molar-refractivity contribution < 1.29 is 13.9 Å². The molecule has 1 aliphatic rings. The van der Waals surface area contributed by atoms with Crippen LogP contribution in [0.1, 0.15) is 28.3 Å². The van der Waals surface area contributed by atoms with Crippen molar-refractivity contribution >= 4 is 5.91 Å². The average molecular weight is 253 g/mol. The Labute approximate surface area is 106 Å². The summed E-state index contributed by atoms with van der Waals surface area (Å²) < 4.78 is 10.9. The van der Waals surface area contributed by atoms with E-state index in [1.807, 2.05) is 0 Å². The number of likely N-dealkylation sites (tertiary alicyclic amines) is 1. The van der Waals surface area contributed by atoms with Crippen molar-refractivity contribution in [2.45, 2.75) is 26.0 Å². The third-order valence-electron chi connectivity index (χ3n) is 3.29. The quantitative estimate of drug-likeness (QED) is 0.461. The molecule has 2 heterocycles. The molecule has 1 atom stereocenters. The number of nitrogens with one attached hydrogen (secondary N) is 1. The van der Waals surface area contributed by atoms with Crippen molar-refractivity contribution in [1.82, 2.24) is 10.3 Å². The number of methoxy groups -OCH3 is 1. The number of hydrogen-bond donors (Lipinski definition) is 2. The van der Waals surface area contributed by atoms with Crippen LogP contribution in [0.15, 0.2) is 10.5 Å². The van der Waals surface area contributed by atoms with Crippen molar-refractivity contribution in [2.75, 3.05) is 20.2 Å². The molecule has 0 spiro atoms. The van der Waals surface area contributed by atoms with Crippen molar-refractivity contribution in [2.24, 2.45) is 5.84 Å². The van der Waals surface area contributed by atoms with Crippen LogP contribution in [0.25, 0.3) is 0 Å². The zero-order valence-corrected chi connectivity index (χ0v) is 10.7. The molecule has 1 saturated heterocycles. The fraction of sp³-hybridized carbons (Fsp3) is 0.583. The Balaban J connectivity index is 2.00. The number of nitrogens with two attached hydrogens (primary N) is 1. The first-order valence-electron chi connectivity index (χ1n) is 5.99. The van der Waals surface area contributed by atoms with Gasteiger partial charge in [-0.3, -0.25) is 15.1 Å². The first kappa shape index (κ1) is 13.1. The Hall–Kier alpha value is -1.37. The molecular formula is C12H19N3O3. The first-order chi connectivity index (χ1) is 8.63. The van der Waals surface area contributed by atoms with Gasteiger partial charge in [0, 0.05) is 20.2 Å². The van der Waals surface area contributed by atoms with Crippen molar-refractivity contribution in [3.63, 3.8) is 0 Å². The number of nitrogens with zero attached hydrogens (tertiary/aromatic N) is 1. The highest BCUT2D eigenvalue weighted by molar-refractivity contribution is 5.94. The normalized spacial score (nSPS) is 20.3. The van der Waals surface area contributed by atoms with Crippen LogP contribution in [0.3, 0.4) is 0 Å². The molecule has 1 fully saturated rings. The van der Waals surface area contributed by atoms with Gasteiger partial charge in [0.05, 0.1) is 18.2 Å². The number of nitrogen functional groups attached to an aromatic ring is 1. The number of furan rings is 1. The van der Waals surface area contributed by atoms with E-state index in [0.29, 0.717) is 24.0 Å². The SMILES string of the molecule is COC1CCN(Cc2cc(C(=O)NN)c(C)o2)C1. The molecule has 1 amide bonds. The van der Waals surface area contributed by atoms with Gasteiger partial charge in [-0.05, 0) is 19.4 Å². The smallest absolute Gasteiger partial charge is 0.268 e. The van der Waals surface area contributed by atoms with Crippen LogP contribution in [-0.2, 0) is 11.3 Å². The second-order valence-corrected chi connectivity index (χ2v) is 4.54. The van der Waals surface area contributed by atoms with Crippen molar-refractivity contribution in [3.8, 4) is 0 Å². The van der Waals surface area contributed by atoms with Crippen LogP contribution in [0.2, 0.25) is 0 Å². The zero-order chi connectivity index (χ0) is 13.1. The van der Waals surface area contributed by atoms with Gasteiger partial charge in [0.2, 0.25) is 0 Å². The topological polar surface area (TPSA) is 80.7 Å². The van der Waals surface area contributed by atoms with Gasteiger partial charge in [0.25, 0.3) is 5.91 Å². The van der Waals surface area contributed by atoms with Crippen molar-refractivity contribution in [3.05, 3.63) is 23.2 Å². The Bertz CT molecular complexity index is 430. The average Bonchev–Trinajstić information content (AvgIpc) is 2.95. The lowest BCUT2D eigenvalue weighted by Gasteiger charge is -2.13. The molecule has 1 aromatic heterocycles. The molecule has 6 nitrogen and oxygen atoms in total. The predicted molar refractivity (Wildman–Crippen MR) is 65.8 cm³/mol. The zero-order valence-electron chi connectivity index (χ0n) is 10.7. The molecule has 1 aliphatic heterocycles. The van der Waals surface area contributed by atoms with Crippen molar-refractivity contribution in [1.29, 1.82) is 0 Å². The van der Waals surface area contributed by atoms with Crippen LogP contribution < -0.4 is 11.3 Å². The first-order valence-corrected chi connectivity index (χ1v) is 5.99. The number of hydrazine groups is 1. The molecule has 1 aromatic rings. The summed E-state index contributed by atoms with van der Waals surface area (Å²) >= 11 is 0. The molecule has 1 unspecified atom stereocenters. The summed E-state index contributed by atoms with van der Waals surface area (Å²) in [5.74, 6) is 6.17. The minimum Gasteiger partial charge on any atom is -0.464 e. The van der Waals surface area contributed by atoms with Gasteiger partial charge < -0.3 is 9.15 Å². The lowest BCUT2D eigenvalue weighted by atomic mass is 10.2. The molecule has 0 radical (unpaired) electrons. The third-order valence-corrected chi connectivity index (χ3v) is 3.29. The van der Waals surface area contributed by atoms with Gasteiger partial charge in [-0.15, -0.1) is 0 Å². The summed E-state index contributed by atoms with van der Waals surface area (Å²) in [7, 11) is 1.73. The van der Waals surface area contributed by atoms with E-state index in [4.69, 9.17) is 15.0 Å². The molecule has 0 aliphatic carbocycles. The standard InChI is InChI=1S/C12H19N3O3/c1-8-11(12(16)14-13)5-10(18-8)7-15-4-3-9(6-15)17-2/h5,9H,3-4,6-7,13H2,1-2H3,(H,14,16).